The largest absolute Gasteiger partial charge is 0.383 e. The first-order chi connectivity index (χ1) is 12.4. The number of nitro benzene ring substituents is 1. The number of hydrogen-bond donors (Lipinski definition) is 1. The number of ketones is 1. The quantitative estimate of drug-likeness (QED) is 0.654. The van der Waals surface area contributed by atoms with Crippen LogP contribution in [0.3, 0.4) is 0 Å². The van der Waals surface area contributed by atoms with Crippen molar-refractivity contribution < 1.29 is 9.72 Å². The number of rotatable bonds is 3. The van der Waals surface area contributed by atoms with E-state index in [0.29, 0.717) is 30.4 Å². The Bertz CT molecular complexity index is 894. The monoisotopic (exact) mass is 353 g/mol. The Morgan fingerprint density at radius 2 is 2.12 bits per heavy atom. The molecule has 1 aromatic rings. The molecule has 0 saturated heterocycles. The van der Waals surface area contributed by atoms with Crippen molar-refractivity contribution in [2.45, 2.75) is 25.2 Å². The van der Waals surface area contributed by atoms with Gasteiger partial charge in [0.25, 0.3) is 5.69 Å². The average molecular weight is 353 g/mol. The summed E-state index contributed by atoms with van der Waals surface area (Å²) in [4.78, 5) is 23.4. The van der Waals surface area contributed by atoms with E-state index in [9.17, 15) is 20.2 Å². The minimum absolute atomic E-state index is 0.0464. The molecule has 0 bridgehead atoms. The third-order valence-corrected chi connectivity index (χ3v) is 4.70. The van der Waals surface area contributed by atoms with Gasteiger partial charge < -0.3 is 5.73 Å². The fraction of sp³-hybridized carbons (Fsp3) is 0.333. The van der Waals surface area contributed by atoms with Gasteiger partial charge in [0, 0.05) is 43.9 Å². The van der Waals surface area contributed by atoms with Crippen LogP contribution in [0.25, 0.3) is 0 Å². The highest BCUT2D eigenvalue weighted by atomic mass is 16.6. The highest BCUT2D eigenvalue weighted by Gasteiger charge is 2.40. The van der Waals surface area contributed by atoms with Crippen molar-refractivity contribution in [3.8, 4) is 6.07 Å². The molecule has 2 aliphatic rings. The summed E-state index contributed by atoms with van der Waals surface area (Å²) in [7, 11) is 3.58. The van der Waals surface area contributed by atoms with Gasteiger partial charge in [-0.05, 0) is 18.4 Å². The van der Waals surface area contributed by atoms with Crippen LogP contribution in [-0.4, -0.2) is 34.8 Å². The summed E-state index contributed by atoms with van der Waals surface area (Å²) >= 11 is 0. The molecule has 0 radical (unpaired) electrons. The van der Waals surface area contributed by atoms with Gasteiger partial charge in [-0.3, -0.25) is 19.9 Å². The molecule has 0 spiro atoms. The lowest BCUT2D eigenvalue weighted by atomic mass is 9.76. The molecule has 1 aliphatic carbocycles. The molecule has 0 amide bonds. The number of non-ortho nitro benzene ring substituents is 1. The molecule has 3 rings (SSSR count). The predicted octanol–water partition coefficient (Wildman–Crippen LogP) is 2.17. The van der Waals surface area contributed by atoms with E-state index in [1.165, 1.54) is 12.1 Å². The Kier molecular flexibility index (Phi) is 4.49. The van der Waals surface area contributed by atoms with Crippen molar-refractivity contribution in [3.05, 3.63) is 62.6 Å². The highest BCUT2D eigenvalue weighted by Crippen LogP contribution is 2.45. The van der Waals surface area contributed by atoms with Gasteiger partial charge in [0.2, 0.25) is 0 Å². The van der Waals surface area contributed by atoms with Crippen LogP contribution in [0, 0.1) is 21.4 Å². The zero-order valence-electron chi connectivity index (χ0n) is 14.6. The fourth-order valence-electron chi connectivity index (χ4n) is 3.68. The van der Waals surface area contributed by atoms with Crippen LogP contribution in [0.1, 0.15) is 30.7 Å². The van der Waals surface area contributed by atoms with Crippen LogP contribution >= 0.6 is 0 Å². The number of benzene rings is 1. The highest BCUT2D eigenvalue weighted by molar-refractivity contribution is 5.99. The zero-order chi connectivity index (χ0) is 19.0. The van der Waals surface area contributed by atoms with Gasteiger partial charge in [-0.1, -0.05) is 12.1 Å². The van der Waals surface area contributed by atoms with Crippen molar-refractivity contribution in [2.75, 3.05) is 14.1 Å². The average Bonchev–Trinajstić information content (AvgIpc) is 2.60. The van der Waals surface area contributed by atoms with Crippen LogP contribution < -0.4 is 5.73 Å². The first-order valence-corrected chi connectivity index (χ1v) is 8.24. The zero-order valence-corrected chi connectivity index (χ0v) is 14.6. The Morgan fingerprint density at radius 1 is 1.38 bits per heavy atom. The number of allylic oxidation sites excluding steroid dienone is 3. The number of carbonyl (C=O) groups is 1. The topological polar surface area (TPSA) is 116 Å². The summed E-state index contributed by atoms with van der Waals surface area (Å²) in [6.07, 6.45) is 1.76. The summed E-state index contributed by atoms with van der Waals surface area (Å²) in [6.45, 7) is 0. The number of nitrogens with two attached hydrogens (primary N) is 1. The molecular formula is C18H19N5O3. The number of Topliss-reactive ketones (excluding diaryl/α,β-unsaturated/α-hetero) is 1. The Morgan fingerprint density at radius 3 is 2.73 bits per heavy atom. The smallest absolute Gasteiger partial charge is 0.269 e. The van der Waals surface area contributed by atoms with Crippen LogP contribution in [0.4, 0.5) is 5.69 Å². The molecule has 1 aromatic carbocycles. The molecule has 8 nitrogen and oxygen atoms in total. The fourth-order valence-corrected chi connectivity index (χ4v) is 3.68. The molecule has 26 heavy (non-hydrogen) atoms. The number of nitro groups is 1. The van der Waals surface area contributed by atoms with Crippen LogP contribution in [0.2, 0.25) is 0 Å². The van der Waals surface area contributed by atoms with Gasteiger partial charge >= 0.3 is 0 Å². The first kappa shape index (κ1) is 17.6. The van der Waals surface area contributed by atoms with Crippen molar-refractivity contribution in [1.29, 1.82) is 5.26 Å². The number of hydrazine groups is 1. The van der Waals surface area contributed by atoms with E-state index in [0.717, 1.165) is 5.70 Å². The second-order valence-corrected chi connectivity index (χ2v) is 6.49. The second kappa shape index (κ2) is 6.61. The molecule has 134 valence electrons. The summed E-state index contributed by atoms with van der Waals surface area (Å²) in [6, 6.07) is 8.17. The van der Waals surface area contributed by atoms with Gasteiger partial charge in [-0.25, -0.2) is 5.01 Å². The van der Waals surface area contributed by atoms with E-state index >= 15 is 0 Å². The summed E-state index contributed by atoms with van der Waals surface area (Å²) < 4.78 is 0. The van der Waals surface area contributed by atoms with Gasteiger partial charge in [-0.2, -0.15) is 5.26 Å². The summed E-state index contributed by atoms with van der Waals surface area (Å²) in [5.74, 6) is -0.476. The maximum atomic E-state index is 12.8. The van der Waals surface area contributed by atoms with Gasteiger partial charge in [0.05, 0.1) is 22.5 Å². The van der Waals surface area contributed by atoms with Crippen LogP contribution in [-0.2, 0) is 4.79 Å². The number of carbonyl (C=O) groups excluding carboxylic acids is 1. The van der Waals surface area contributed by atoms with E-state index in [1.807, 2.05) is 0 Å². The molecule has 1 aliphatic heterocycles. The van der Waals surface area contributed by atoms with Crippen LogP contribution in [0.5, 0.6) is 0 Å². The van der Waals surface area contributed by atoms with Crippen molar-refractivity contribution in [3.63, 3.8) is 0 Å². The standard InChI is InChI=1S/C18H19N5O3/c1-21(2)22-14-7-4-8-15(24)17(14)16(13(10-19)18(22)20)11-5-3-6-12(9-11)23(25)26/h3,5-6,9,16H,4,7-8,20H2,1-2H3/t16-/m0/s1. The third-order valence-electron chi connectivity index (χ3n) is 4.70. The van der Waals surface area contributed by atoms with E-state index in [4.69, 9.17) is 5.73 Å². The molecule has 2 N–H and O–H groups in total. The molecule has 0 saturated carbocycles. The van der Waals surface area contributed by atoms with E-state index in [2.05, 4.69) is 6.07 Å². The summed E-state index contributed by atoms with van der Waals surface area (Å²) in [5, 5.41) is 24.3. The van der Waals surface area contributed by atoms with Crippen molar-refractivity contribution >= 4 is 11.5 Å². The summed E-state index contributed by atoms with van der Waals surface area (Å²) in [5.41, 5.74) is 8.22. The lowest BCUT2D eigenvalue weighted by Crippen LogP contribution is -2.45. The van der Waals surface area contributed by atoms with Gasteiger partial charge in [0.1, 0.15) is 5.82 Å². The normalized spacial score (nSPS) is 20.3. The van der Waals surface area contributed by atoms with Gasteiger partial charge in [-0.15, -0.1) is 0 Å². The Labute approximate surface area is 150 Å². The Balaban J connectivity index is 2.26. The van der Waals surface area contributed by atoms with E-state index < -0.39 is 10.8 Å². The lowest BCUT2D eigenvalue weighted by Gasteiger charge is -2.42. The minimum atomic E-state index is -0.682. The molecule has 0 unspecified atom stereocenters. The second-order valence-electron chi connectivity index (χ2n) is 6.49. The molecule has 8 heteroatoms. The van der Waals surface area contributed by atoms with Crippen LogP contribution in [0.15, 0.2) is 46.9 Å². The number of hydrogen-bond acceptors (Lipinski definition) is 7. The molecular weight excluding hydrogens is 334 g/mol. The van der Waals surface area contributed by atoms with Crippen molar-refractivity contribution in [1.82, 2.24) is 10.0 Å². The van der Waals surface area contributed by atoms with Gasteiger partial charge in [0.15, 0.2) is 5.78 Å². The molecule has 1 atom stereocenters. The molecule has 0 aromatic heterocycles. The SMILES string of the molecule is CN(C)N1C(N)=C(C#N)[C@H](c2cccc([N+](=O)[O-])c2)C2=C1CCCC2=O. The lowest BCUT2D eigenvalue weighted by molar-refractivity contribution is -0.384. The maximum Gasteiger partial charge on any atom is 0.269 e. The third kappa shape index (κ3) is 2.72. The first-order valence-electron chi connectivity index (χ1n) is 8.24. The number of nitriles is 1. The van der Waals surface area contributed by atoms with E-state index in [-0.39, 0.29) is 22.9 Å². The van der Waals surface area contributed by atoms with Crippen molar-refractivity contribution in [2.24, 2.45) is 5.73 Å². The number of nitrogens with zero attached hydrogens (tertiary/aromatic N) is 4. The van der Waals surface area contributed by atoms with E-state index in [1.54, 1.807) is 36.2 Å². The molecule has 1 heterocycles. The Hall–Kier alpha value is -3.18. The maximum absolute atomic E-state index is 12.8. The predicted molar refractivity (Wildman–Crippen MR) is 94.1 cm³/mol. The molecule has 0 fully saturated rings. The minimum Gasteiger partial charge on any atom is -0.383 e.